The number of ether oxygens (including phenoxy) is 1. The third-order valence-corrected chi connectivity index (χ3v) is 1.72. The average molecular weight is 108 g/mol. The third kappa shape index (κ3) is 0.414. The van der Waals surface area contributed by atoms with E-state index in [2.05, 4.69) is 12.2 Å². The molecular formula is C7H8O. The van der Waals surface area contributed by atoms with Crippen molar-refractivity contribution in [1.29, 1.82) is 0 Å². The predicted molar refractivity (Wildman–Crippen MR) is 31.3 cm³/mol. The van der Waals surface area contributed by atoms with E-state index in [1.165, 1.54) is 12.0 Å². The van der Waals surface area contributed by atoms with Crippen LogP contribution in [0, 0.1) is 5.92 Å². The normalized spacial score (nSPS) is 32.0. The van der Waals surface area contributed by atoms with Gasteiger partial charge >= 0.3 is 0 Å². The average Bonchev–Trinajstić information content (AvgIpc) is 2.15. The third-order valence-electron chi connectivity index (χ3n) is 1.72. The summed E-state index contributed by atoms with van der Waals surface area (Å²) in [6, 6.07) is 0. The monoisotopic (exact) mass is 108 g/mol. The number of rotatable bonds is 0. The Morgan fingerprint density at radius 2 is 2.62 bits per heavy atom. The topological polar surface area (TPSA) is 9.23 Å². The van der Waals surface area contributed by atoms with Crippen molar-refractivity contribution in [3.8, 4) is 0 Å². The van der Waals surface area contributed by atoms with Crippen LogP contribution < -0.4 is 0 Å². The van der Waals surface area contributed by atoms with Crippen molar-refractivity contribution in [2.75, 3.05) is 6.61 Å². The molecule has 0 aromatic rings. The zero-order valence-corrected chi connectivity index (χ0v) is 4.63. The molecule has 1 atom stereocenters. The summed E-state index contributed by atoms with van der Waals surface area (Å²) < 4.78 is 5.10. The van der Waals surface area contributed by atoms with Crippen LogP contribution in [0.5, 0.6) is 0 Å². The van der Waals surface area contributed by atoms with Gasteiger partial charge in [0.2, 0.25) is 0 Å². The van der Waals surface area contributed by atoms with Crippen LogP contribution in [-0.2, 0) is 4.74 Å². The van der Waals surface area contributed by atoms with Gasteiger partial charge < -0.3 is 4.74 Å². The van der Waals surface area contributed by atoms with Gasteiger partial charge in [-0.2, -0.15) is 0 Å². The van der Waals surface area contributed by atoms with E-state index in [0.29, 0.717) is 5.92 Å². The largest absolute Gasteiger partial charge is 0.500 e. The molecule has 0 aromatic carbocycles. The van der Waals surface area contributed by atoms with E-state index < -0.39 is 0 Å². The highest BCUT2D eigenvalue weighted by Gasteiger charge is 2.20. The predicted octanol–water partition coefficient (Wildman–Crippen LogP) is 1.48. The van der Waals surface area contributed by atoms with Crippen molar-refractivity contribution in [3.63, 3.8) is 0 Å². The minimum atomic E-state index is 0.704. The van der Waals surface area contributed by atoms with Gasteiger partial charge in [0, 0.05) is 5.92 Å². The Labute approximate surface area is 48.7 Å². The Kier molecular flexibility index (Phi) is 0.720. The second kappa shape index (κ2) is 1.38. The molecule has 1 aliphatic carbocycles. The number of allylic oxidation sites excluding steroid dienone is 2. The number of hydrogen-bond acceptors (Lipinski definition) is 1. The molecule has 2 aliphatic rings. The van der Waals surface area contributed by atoms with E-state index in [9.17, 15) is 0 Å². The molecule has 1 unspecified atom stereocenters. The van der Waals surface area contributed by atoms with E-state index in [4.69, 9.17) is 4.74 Å². The molecule has 0 spiro atoms. The van der Waals surface area contributed by atoms with Crippen molar-refractivity contribution in [1.82, 2.24) is 0 Å². The van der Waals surface area contributed by atoms with Crippen LogP contribution >= 0.6 is 0 Å². The van der Waals surface area contributed by atoms with E-state index in [1.54, 1.807) is 0 Å². The fourth-order valence-corrected chi connectivity index (χ4v) is 1.20. The van der Waals surface area contributed by atoms with Crippen LogP contribution in [0.1, 0.15) is 6.42 Å². The Morgan fingerprint density at radius 3 is 3.50 bits per heavy atom. The van der Waals surface area contributed by atoms with Gasteiger partial charge in [0.1, 0.15) is 0 Å². The maximum absolute atomic E-state index is 5.10. The first-order chi connectivity index (χ1) is 3.97. The molecule has 0 saturated carbocycles. The van der Waals surface area contributed by atoms with Crippen molar-refractivity contribution in [3.05, 3.63) is 24.0 Å². The zero-order chi connectivity index (χ0) is 5.40. The zero-order valence-electron chi connectivity index (χ0n) is 4.63. The number of hydrogen-bond donors (Lipinski definition) is 0. The fraction of sp³-hybridized carbons (Fsp3) is 0.429. The highest BCUT2D eigenvalue weighted by molar-refractivity contribution is 5.28. The second-order valence-corrected chi connectivity index (χ2v) is 2.29. The highest BCUT2D eigenvalue weighted by atomic mass is 16.5. The maximum Gasteiger partial charge on any atom is 0.0946 e. The van der Waals surface area contributed by atoms with E-state index >= 15 is 0 Å². The molecule has 1 aliphatic heterocycles. The van der Waals surface area contributed by atoms with Gasteiger partial charge in [-0.1, -0.05) is 12.2 Å². The summed E-state index contributed by atoms with van der Waals surface area (Å²) in [6.07, 6.45) is 7.41. The standard InChI is InChI=1S/C7H8O/c1-2-6-4-8-5-7(6)3-1/h1-2,4,7H,3,5H2. The fourth-order valence-electron chi connectivity index (χ4n) is 1.20. The van der Waals surface area contributed by atoms with Gasteiger partial charge in [-0.15, -0.1) is 0 Å². The minimum absolute atomic E-state index is 0.704. The molecule has 8 heavy (non-hydrogen) atoms. The van der Waals surface area contributed by atoms with E-state index in [-0.39, 0.29) is 0 Å². The lowest BCUT2D eigenvalue weighted by atomic mass is 10.1. The van der Waals surface area contributed by atoms with Crippen LogP contribution in [0.25, 0.3) is 0 Å². The molecule has 1 nitrogen and oxygen atoms in total. The van der Waals surface area contributed by atoms with Crippen molar-refractivity contribution < 1.29 is 4.74 Å². The van der Waals surface area contributed by atoms with E-state index in [1.807, 2.05) is 6.26 Å². The van der Waals surface area contributed by atoms with Crippen LogP contribution in [0.3, 0.4) is 0 Å². The quantitative estimate of drug-likeness (QED) is 0.456. The molecule has 1 heterocycles. The molecule has 0 bridgehead atoms. The van der Waals surface area contributed by atoms with Crippen LogP contribution in [-0.4, -0.2) is 6.61 Å². The lowest BCUT2D eigenvalue weighted by molar-refractivity contribution is 0.250. The SMILES string of the molecule is C1=CC2=COCC2C1. The summed E-state index contributed by atoms with van der Waals surface area (Å²) in [4.78, 5) is 0. The summed E-state index contributed by atoms with van der Waals surface area (Å²) in [5.41, 5.74) is 1.38. The second-order valence-electron chi connectivity index (χ2n) is 2.29. The van der Waals surface area contributed by atoms with Gasteiger partial charge in [-0.05, 0) is 12.0 Å². The maximum atomic E-state index is 5.10. The molecule has 0 fully saturated rings. The Bertz CT molecular complexity index is 156. The van der Waals surface area contributed by atoms with Crippen LogP contribution in [0.2, 0.25) is 0 Å². The Balaban J connectivity index is 2.31. The van der Waals surface area contributed by atoms with Crippen LogP contribution in [0.15, 0.2) is 24.0 Å². The molecule has 0 N–H and O–H groups in total. The molecule has 0 amide bonds. The van der Waals surface area contributed by atoms with Crippen molar-refractivity contribution in [2.45, 2.75) is 6.42 Å². The van der Waals surface area contributed by atoms with Crippen molar-refractivity contribution in [2.24, 2.45) is 5.92 Å². The van der Waals surface area contributed by atoms with Gasteiger partial charge in [0.25, 0.3) is 0 Å². The van der Waals surface area contributed by atoms with Gasteiger partial charge in [0.05, 0.1) is 12.9 Å². The molecule has 2 rings (SSSR count). The van der Waals surface area contributed by atoms with Gasteiger partial charge in [-0.3, -0.25) is 0 Å². The summed E-state index contributed by atoms with van der Waals surface area (Å²) in [5.74, 6) is 0.704. The summed E-state index contributed by atoms with van der Waals surface area (Å²) in [5, 5.41) is 0. The molecule has 0 saturated heterocycles. The summed E-state index contributed by atoms with van der Waals surface area (Å²) in [7, 11) is 0. The first-order valence-corrected chi connectivity index (χ1v) is 2.95. The Morgan fingerprint density at radius 1 is 1.62 bits per heavy atom. The smallest absolute Gasteiger partial charge is 0.0946 e. The highest BCUT2D eigenvalue weighted by Crippen LogP contribution is 2.28. The minimum Gasteiger partial charge on any atom is -0.500 e. The molecule has 0 aromatic heterocycles. The molecule has 1 heteroatoms. The lowest BCUT2D eigenvalue weighted by Crippen LogP contribution is -1.96. The van der Waals surface area contributed by atoms with Crippen LogP contribution in [0.4, 0.5) is 0 Å². The van der Waals surface area contributed by atoms with Gasteiger partial charge in [0.15, 0.2) is 0 Å². The van der Waals surface area contributed by atoms with Gasteiger partial charge in [-0.25, -0.2) is 0 Å². The number of fused-ring (bicyclic) bond motifs is 1. The lowest BCUT2D eigenvalue weighted by Gasteiger charge is -1.97. The summed E-state index contributed by atoms with van der Waals surface area (Å²) in [6.45, 7) is 0.905. The summed E-state index contributed by atoms with van der Waals surface area (Å²) >= 11 is 0. The Hall–Kier alpha value is -0.720. The first-order valence-electron chi connectivity index (χ1n) is 2.95. The van der Waals surface area contributed by atoms with Crippen molar-refractivity contribution >= 4 is 0 Å². The molecule has 0 radical (unpaired) electrons. The first kappa shape index (κ1) is 4.19. The van der Waals surface area contributed by atoms with E-state index in [0.717, 1.165) is 6.61 Å². The molecule has 42 valence electrons. The molecular weight excluding hydrogens is 100 g/mol.